The quantitative estimate of drug-likeness (QED) is 0.621. The van der Waals surface area contributed by atoms with Gasteiger partial charge in [-0.2, -0.15) is 0 Å². The second-order valence-corrected chi connectivity index (χ2v) is 5.06. The van der Waals surface area contributed by atoms with Crippen LogP contribution in [0.15, 0.2) is 0 Å². The van der Waals surface area contributed by atoms with Crippen molar-refractivity contribution in [2.45, 2.75) is 60.3 Å². The van der Waals surface area contributed by atoms with E-state index in [0.717, 1.165) is 5.92 Å². The Morgan fingerprint density at radius 1 is 1.40 bits per heavy atom. The highest BCUT2D eigenvalue weighted by Crippen LogP contribution is 2.39. The zero-order valence-electron chi connectivity index (χ0n) is 10.9. The lowest BCUT2D eigenvalue weighted by Gasteiger charge is -2.36. The summed E-state index contributed by atoms with van der Waals surface area (Å²) >= 11 is 0. The third kappa shape index (κ3) is 6.53. The van der Waals surface area contributed by atoms with Crippen molar-refractivity contribution in [2.24, 2.45) is 11.3 Å². The normalized spacial score (nSPS) is 23.7. The van der Waals surface area contributed by atoms with Crippen molar-refractivity contribution in [1.29, 1.82) is 0 Å². The van der Waals surface area contributed by atoms with Crippen LogP contribution >= 0.6 is 0 Å². The predicted octanol–water partition coefficient (Wildman–Crippen LogP) is 3.79. The van der Waals surface area contributed by atoms with E-state index in [0.29, 0.717) is 12.0 Å². The first kappa shape index (κ1) is 14.5. The lowest BCUT2D eigenvalue weighted by atomic mass is 9.70. The molecule has 0 bridgehead atoms. The van der Waals surface area contributed by atoms with Crippen LogP contribution in [0, 0.1) is 11.3 Å². The van der Waals surface area contributed by atoms with Crippen molar-refractivity contribution in [3.05, 3.63) is 0 Å². The SMILES string of the molecule is CC1CCCCC1(C)C.CCOC(C)=O. The molecule has 0 aliphatic heterocycles. The van der Waals surface area contributed by atoms with Gasteiger partial charge in [0.05, 0.1) is 6.61 Å². The van der Waals surface area contributed by atoms with E-state index in [2.05, 4.69) is 25.5 Å². The standard InChI is InChI=1S/C9H18.C4H8O2/c1-8-6-4-5-7-9(8,2)3;1-3-6-4(2)5/h8H,4-7H2,1-3H3;3H2,1-2H3. The van der Waals surface area contributed by atoms with Gasteiger partial charge in [0.25, 0.3) is 0 Å². The van der Waals surface area contributed by atoms with Crippen LogP contribution in [-0.4, -0.2) is 12.6 Å². The van der Waals surface area contributed by atoms with Crippen LogP contribution in [0.3, 0.4) is 0 Å². The second kappa shape index (κ2) is 6.86. The summed E-state index contributed by atoms with van der Waals surface area (Å²) in [6.45, 7) is 10.8. The van der Waals surface area contributed by atoms with Gasteiger partial charge >= 0.3 is 5.97 Å². The van der Waals surface area contributed by atoms with E-state index >= 15 is 0 Å². The van der Waals surface area contributed by atoms with Crippen molar-refractivity contribution in [1.82, 2.24) is 0 Å². The molecule has 1 saturated carbocycles. The minimum Gasteiger partial charge on any atom is -0.466 e. The lowest BCUT2D eigenvalue weighted by molar-refractivity contribution is -0.140. The van der Waals surface area contributed by atoms with Gasteiger partial charge in [-0.15, -0.1) is 0 Å². The molecule has 1 unspecified atom stereocenters. The predicted molar refractivity (Wildman–Crippen MR) is 63.7 cm³/mol. The fourth-order valence-corrected chi connectivity index (χ4v) is 1.87. The Balaban J connectivity index is 0.000000288. The molecule has 1 aliphatic carbocycles. The van der Waals surface area contributed by atoms with E-state index in [-0.39, 0.29) is 5.97 Å². The van der Waals surface area contributed by atoms with Gasteiger partial charge < -0.3 is 4.74 Å². The van der Waals surface area contributed by atoms with E-state index in [9.17, 15) is 4.79 Å². The van der Waals surface area contributed by atoms with E-state index in [1.807, 2.05) is 0 Å². The fourth-order valence-electron chi connectivity index (χ4n) is 1.87. The summed E-state index contributed by atoms with van der Waals surface area (Å²) in [5, 5.41) is 0. The summed E-state index contributed by atoms with van der Waals surface area (Å²) in [7, 11) is 0. The van der Waals surface area contributed by atoms with Crippen LogP contribution in [-0.2, 0) is 9.53 Å². The Morgan fingerprint density at radius 3 is 2.20 bits per heavy atom. The molecule has 0 N–H and O–H groups in total. The average Bonchev–Trinajstić information content (AvgIpc) is 2.11. The molecule has 0 aromatic carbocycles. The van der Waals surface area contributed by atoms with Crippen molar-refractivity contribution < 1.29 is 9.53 Å². The molecule has 2 nitrogen and oxygen atoms in total. The number of carbonyl (C=O) groups excluding carboxylic acids is 1. The van der Waals surface area contributed by atoms with Crippen molar-refractivity contribution in [3.63, 3.8) is 0 Å². The molecule has 1 rings (SSSR count). The molecule has 0 aromatic rings. The van der Waals surface area contributed by atoms with Gasteiger partial charge in [-0.05, 0) is 24.7 Å². The van der Waals surface area contributed by atoms with Crippen molar-refractivity contribution in [2.75, 3.05) is 6.61 Å². The molecule has 0 saturated heterocycles. The molecule has 0 heterocycles. The Hall–Kier alpha value is -0.530. The Bertz CT molecular complexity index is 185. The highest BCUT2D eigenvalue weighted by Gasteiger charge is 2.27. The molecule has 0 amide bonds. The van der Waals surface area contributed by atoms with Gasteiger partial charge in [-0.3, -0.25) is 4.79 Å². The van der Waals surface area contributed by atoms with E-state index in [1.54, 1.807) is 6.92 Å². The second-order valence-electron chi connectivity index (χ2n) is 5.06. The van der Waals surface area contributed by atoms with E-state index < -0.39 is 0 Å². The van der Waals surface area contributed by atoms with E-state index in [4.69, 9.17) is 0 Å². The zero-order chi connectivity index (χ0) is 11.9. The molecular formula is C13H26O2. The maximum atomic E-state index is 9.82. The van der Waals surface area contributed by atoms with E-state index in [1.165, 1.54) is 32.6 Å². The summed E-state index contributed by atoms with van der Waals surface area (Å²) < 4.78 is 4.40. The topological polar surface area (TPSA) is 26.3 Å². The number of carbonyl (C=O) groups is 1. The first-order valence-corrected chi connectivity index (χ1v) is 6.03. The summed E-state index contributed by atoms with van der Waals surface area (Å²) in [5.74, 6) is 0.740. The fraction of sp³-hybridized carbons (Fsp3) is 0.923. The van der Waals surface area contributed by atoms with Gasteiger partial charge in [-0.1, -0.05) is 40.0 Å². The molecule has 1 aliphatic rings. The molecule has 0 spiro atoms. The van der Waals surface area contributed by atoms with Crippen molar-refractivity contribution in [3.8, 4) is 0 Å². The first-order valence-electron chi connectivity index (χ1n) is 6.03. The number of rotatable bonds is 1. The number of hydrogen-bond donors (Lipinski definition) is 0. The number of esters is 1. The Morgan fingerprint density at radius 2 is 2.00 bits per heavy atom. The third-order valence-corrected chi connectivity index (χ3v) is 3.39. The molecule has 90 valence electrons. The van der Waals surface area contributed by atoms with Gasteiger partial charge in [0.2, 0.25) is 0 Å². The Labute approximate surface area is 94.4 Å². The molecule has 1 fully saturated rings. The minimum absolute atomic E-state index is 0.211. The van der Waals surface area contributed by atoms with Gasteiger partial charge in [-0.25, -0.2) is 0 Å². The number of ether oxygens (including phenoxy) is 1. The molecule has 2 heteroatoms. The largest absolute Gasteiger partial charge is 0.466 e. The Kier molecular flexibility index (Phi) is 6.62. The van der Waals surface area contributed by atoms with Crippen molar-refractivity contribution >= 4 is 5.97 Å². The summed E-state index contributed by atoms with van der Waals surface area (Å²) in [4.78, 5) is 9.82. The third-order valence-electron chi connectivity index (χ3n) is 3.39. The maximum Gasteiger partial charge on any atom is 0.302 e. The summed E-state index contributed by atoms with van der Waals surface area (Å²) in [6, 6.07) is 0. The van der Waals surface area contributed by atoms with Crippen LogP contribution < -0.4 is 0 Å². The van der Waals surface area contributed by atoms with Gasteiger partial charge in [0.15, 0.2) is 0 Å². The summed E-state index contributed by atoms with van der Waals surface area (Å²) in [5.41, 5.74) is 0.637. The molecule has 1 atom stereocenters. The number of hydrogen-bond acceptors (Lipinski definition) is 2. The van der Waals surface area contributed by atoms with Crippen LogP contribution in [0.2, 0.25) is 0 Å². The first-order chi connectivity index (χ1) is 6.90. The molecule has 0 radical (unpaired) electrons. The average molecular weight is 214 g/mol. The molecule has 15 heavy (non-hydrogen) atoms. The monoisotopic (exact) mass is 214 g/mol. The van der Waals surface area contributed by atoms with Crippen LogP contribution in [0.4, 0.5) is 0 Å². The summed E-state index contributed by atoms with van der Waals surface area (Å²) in [6.07, 6.45) is 5.81. The minimum atomic E-state index is -0.211. The van der Waals surface area contributed by atoms with Gasteiger partial charge in [0, 0.05) is 6.92 Å². The van der Waals surface area contributed by atoms with Crippen LogP contribution in [0.1, 0.15) is 60.3 Å². The highest BCUT2D eigenvalue weighted by molar-refractivity contribution is 5.65. The van der Waals surface area contributed by atoms with Gasteiger partial charge in [0.1, 0.15) is 0 Å². The molecular weight excluding hydrogens is 188 g/mol. The lowest BCUT2D eigenvalue weighted by Crippen LogP contribution is -2.24. The highest BCUT2D eigenvalue weighted by atomic mass is 16.5. The van der Waals surface area contributed by atoms with Crippen LogP contribution in [0.5, 0.6) is 0 Å². The maximum absolute atomic E-state index is 9.82. The smallest absolute Gasteiger partial charge is 0.302 e. The van der Waals surface area contributed by atoms with Crippen LogP contribution in [0.25, 0.3) is 0 Å². The molecule has 0 aromatic heterocycles. The zero-order valence-corrected chi connectivity index (χ0v) is 10.9.